The lowest BCUT2D eigenvalue weighted by Gasteiger charge is -2.17. The van der Waals surface area contributed by atoms with Crippen LogP contribution in [0.15, 0.2) is 84.0 Å². The number of carbonyl (C=O) groups is 1. The molecule has 9 heteroatoms. The highest BCUT2D eigenvalue weighted by Gasteiger charge is 2.22. The third-order valence-electron chi connectivity index (χ3n) is 4.66. The minimum absolute atomic E-state index is 0.0268. The van der Waals surface area contributed by atoms with Crippen molar-refractivity contribution in [3.8, 4) is 11.4 Å². The van der Waals surface area contributed by atoms with E-state index in [2.05, 4.69) is 15.5 Å². The van der Waals surface area contributed by atoms with Gasteiger partial charge in [-0.3, -0.25) is 9.36 Å². The van der Waals surface area contributed by atoms with Crippen LogP contribution in [0.2, 0.25) is 5.02 Å². The summed E-state index contributed by atoms with van der Waals surface area (Å²) < 4.78 is 21.7. The lowest BCUT2D eigenvalue weighted by molar-refractivity contribution is -0.113. The van der Waals surface area contributed by atoms with Crippen molar-refractivity contribution >= 4 is 35.0 Å². The summed E-state index contributed by atoms with van der Waals surface area (Å²) in [4.78, 5) is 12.4. The second kappa shape index (κ2) is 10.5. The molecule has 0 fully saturated rings. The number of ether oxygens (including phenoxy) is 1. The number of hydrogen-bond donors (Lipinski definition) is 1. The van der Waals surface area contributed by atoms with Gasteiger partial charge in [0, 0.05) is 5.69 Å². The van der Waals surface area contributed by atoms with E-state index >= 15 is 0 Å². The second-order valence-corrected chi connectivity index (χ2v) is 8.37. The van der Waals surface area contributed by atoms with E-state index in [9.17, 15) is 9.18 Å². The van der Waals surface area contributed by atoms with Crippen LogP contribution >= 0.6 is 23.4 Å². The Morgan fingerprint density at radius 3 is 2.52 bits per heavy atom. The summed E-state index contributed by atoms with van der Waals surface area (Å²) in [6.45, 7) is 1.85. The van der Waals surface area contributed by atoms with Gasteiger partial charge in [0.25, 0.3) is 0 Å². The molecule has 0 bridgehead atoms. The van der Waals surface area contributed by atoms with Crippen LogP contribution < -0.4 is 10.1 Å². The van der Waals surface area contributed by atoms with Gasteiger partial charge < -0.3 is 10.1 Å². The second-order valence-electron chi connectivity index (χ2n) is 7.02. The molecule has 6 nitrogen and oxygen atoms in total. The molecule has 3 aromatic carbocycles. The van der Waals surface area contributed by atoms with Crippen LogP contribution in [0, 0.1) is 5.82 Å². The van der Waals surface area contributed by atoms with Crippen LogP contribution in [0.5, 0.6) is 5.75 Å². The van der Waals surface area contributed by atoms with Gasteiger partial charge in [-0.05, 0) is 43.3 Å². The molecule has 4 rings (SSSR count). The maximum atomic E-state index is 13.8. The number of hydrogen-bond acceptors (Lipinski definition) is 5. The number of para-hydroxylation sites is 3. The highest BCUT2D eigenvalue weighted by atomic mass is 35.5. The maximum absolute atomic E-state index is 13.8. The molecule has 0 radical (unpaired) electrons. The molecule has 0 aliphatic rings. The topological polar surface area (TPSA) is 69.0 Å². The molecule has 4 aromatic rings. The van der Waals surface area contributed by atoms with Crippen molar-refractivity contribution in [2.75, 3.05) is 11.1 Å². The number of benzene rings is 3. The van der Waals surface area contributed by atoms with Crippen molar-refractivity contribution in [3.63, 3.8) is 0 Å². The highest BCUT2D eigenvalue weighted by Crippen LogP contribution is 2.31. The van der Waals surface area contributed by atoms with Crippen molar-refractivity contribution in [1.29, 1.82) is 0 Å². The van der Waals surface area contributed by atoms with E-state index in [1.807, 2.05) is 54.0 Å². The minimum Gasteiger partial charge on any atom is -0.481 e. The molecule has 0 saturated heterocycles. The van der Waals surface area contributed by atoms with Crippen LogP contribution in [-0.4, -0.2) is 26.4 Å². The Kier molecular flexibility index (Phi) is 7.26. The number of nitrogens with one attached hydrogen (secondary N) is 1. The van der Waals surface area contributed by atoms with Gasteiger partial charge in [0.15, 0.2) is 17.1 Å². The fourth-order valence-electron chi connectivity index (χ4n) is 3.12. The van der Waals surface area contributed by atoms with Gasteiger partial charge in [0.1, 0.15) is 11.6 Å². The van der Waals surface area contributed by atoms with Gasteiger partial charge in [0.05, 0.1) is 16.5 Å². The Morgan fingerprint density at radius 2 is 1.76 bits per heavy atom. The number of aromatic nitrogens is 3. The Morgan fingerprint density at radius 1 is 1.06 bits per heavy atom. The molecule has 168 valence electrons. The number of thioether (sulfide) groups is 1. The van der Waals surface area contributed by atoms with Crippen molar-refractivity contribution < 1.29 is 13.9 Å². The summed E-state index contributed by atoms with van der Waals surface area (Å²) in [5.74, 6) is 0.274. The first-order valence-electron chi connectivity index (χ1n) is 10.1. The van der Waals surface area contributed by atoms with Crippen LogP contribution in [0.4, 0.5) is 10.1 Å². The van der Waals surface area contributed by atoms with E-state index in [4.69, 9.17) is 16.3 Å². The SMILES string of the molecule is CC(Oc1ccccc1Cl)c1nnc(SCC(=O)Nc2ccccc2F)n1-c1ccccc1. The van der Waals surface area contributed by atoms with Crippen LogP contribution in [0.25, 0.3) is 5.69 Å². The van der Waals surface area contributed by atoms with Gasteiger partial charge in [-0.15, -0.1) is 10.2 Å². The number of halogens is 2. The van der Waals surface area contributed by atoms with Crippen LogP contribution in [-0.2, 0) is 4.79 Å². The standard InChI is InChI=1S/C24H20ClFN4O2S/c1-16(32-21-14-8-5-11-18(21)25)23-28-29-24(30(23)17-9-3-2-4-10-17)33-15-22(31)27-20-13-7-6-12-19(20)26/h2-14,16H,15H2,1H3,(H,27,31). The predicted octanol–water partition coefficient (Wildman–Crippen LogP) is 5.93. The van der Waals surface area contributed by atoms with E-state index in [0.29, 0.717) is 21.8 Å². The first-order chi connectivity index (χ1) is 16.0. The van der Waals surface area contributed by atoms with Gasteiger partial charge >= 0.3 is 0 Å². The van der Waals surface area contributed by atoms with Crippen molar-refractivity contribution in [2.45, 2.75) is 18.2 Å². The van der Waals surface area contributed by atoms with Crippen molar-refractivity contribution in [2.24, 2.45) is 0 Å². The number of anilines is 1. The minimum atomic E-state index is -0.490. The summed E-state index contributed by atoms with van der Waals surface area (Å²) in [5, 5.41) is 12.2. The van der Waals surface area contributed by atoms with Crippen molar-refractivity contribution in [1.82, 2.24) is 14.8 Å². The Balaban J connectivity index is 1.56. The summed E-state index contributed by atoms with van der Waals surface area (Å²) in [7, 11) is 0. The first-order valence-corrected chi connectivity index (χ1v) is 11.5. The Labute approximate surface area is 199 Å². The third-order valence-corrected chi connectivity index (χ3v) is 5.90. The Bertz CT molecular complexity index is 1250. The number of rotatable bonds is 8. The molecule has 0 aliphatic carbocycles. The molecule has 1 N–H and O–H groups in total. The number of nitrogens with zero attached hydrogens (tertiary/aromatic N) is 3. The van der Waals surface area contributed by atoms with Crippen LogP contribution in [0.1, 0.15) is 18.9 Å². The molecule has 1 aromatic heterocycles. The zero-order valence-electron chi connectivity index (χ0n) is 17.6. The largest absolute Gasteiger partial charge is 0.481 e. The molecule has 1 amide bonds. The van der Waals surface area contributed by atoms with Gasteiger partial charge in [-0.25, -0.2) is 4.39 Å². The fourth-order valence-corrected chi connectivity index (χ4v) is 4.06. The highest BCUT2D eigenvalue weighted by molar-refractivity contribution is 7.99. The van der Waals surface area contributed by atoms with Gasteiger partial charge in [0.2, 0.25) is 5.91 Å². The molecule has 1 atom stereocenters. The zero-order chi connectivity index (χ0) is 23.2. The van der Waals surface area contributed by atoms with Gasteiger partial charge in [-0.1, -0.05) is 65.8 Å². The summed E-state index contributed by atoms with van der Waals surface area (Å²) in [6, 6.07) is 22.8. The molecule has 0 spiro atoms. The molecule has 33 heavy (non-hydrogen) atoms. The fraction of sp³-hybridized carbons (Fsp3) is 0.125. The normalized spacial score (nSPS) is 11.7. The number of amides is 1. The van der Waals surface area contributed by atoms with Gasteiger partial charge in [-0.2, -0.15) is 0 Å². The van der Waals surface area contributed by atoms with E-state index in [0.717, 1.165) is 5.69 Å². The lowest BCUT2D eigenvalue weighted by atomic mass is 10.3. The molecular weight excluding hydrogens is 463 g/mol. The molecule has 0 aliphatic heterocycles. The van der Waals surface area contributed by atoms with E-state index < -0.39 is 11.9 Å². The summed E-state index contributed by atoms with van der Waals surface area (Å²) in [6.07, 6.45) is -0.473. The van der Waals surface area contributed by atoms with Crippen molar-refractivity contribution in [3.05, 3.63) is 95.5 Å². The van der Waals surface area contributed by atoms with Crippen LogP contribution in [0.3, 0.4) is 0 Å². The monoisotopic (exact) mass is 482 g/mol. The first kappa shape index (κ1) is 22.8. The predicted molar refractivity (Wildman–Crippen MR) is 128 cm³/mol. The summed E-state index contributed by atoms with van der Waals surface area (Å²) in [5.41, 5.74) is 0.958. The lowest BCUT2D eigenvalue weighted by Crippen LogP contribution is -2.16. The molecular formula is C24H20ClFN4O2S. The third kappa shape index (κ3) is 5.53. The maximum Gasteiger partial charge on any atom is 0.234 e. The smallest absolute Gasteiger partial charge is 0.234 e. The van der Waals surface area contributed by atoms with E-state index in [-0.39, 0.29) is 17.3 Å². The molecule has 0 saturated carbocycles. The average molecular weight is 483 g/mol. The van der Waals surface area contributed by atoms with E-state index in [1.54, 1.807) is 24.3 Å². The quantitative estimate of drug-likeness (QED) is 0.315. The summed E-state index contributed by atoms with van der Waals surface area (Å²) >= 11 is 7.43. The average Bonchev–Trinajstić information content (AvgIpc) is 3.25. The Hall–Kier alpha value is -3.36. The number of carbonyl (C=O) groups excluding carboxylic acids is 1. The molecule has 1 unspecified atom stereocenters. The van der Waals surface area contributed by atoms with E-state index in [1.165, 1.54) is 23.9 Å². The zero-order valence-corrected chi connectivity index (χ0v) is 19.2. The molecule has 1 heterocycles.